The molecule has 0 heterocycles. The molecule has 1 aromatic carbocycles. The minimum absolute atomic E-state index is 0.168. The van der Waals surface area contributed by atoms with Gasteiger partial charge in [0.25, 0.3) is 0 Å². The Kier molecular flexibility index (Phi) is 4.48. The van der Waals surface area contributed by atoms with Gasteiger partial charge in [-0.3, -0.25) is 0 Å². The maximum atomic E-state index is 11.9. The smallest absolute Gasteiger partial charge is 0.390 e. The summed E-state index contributed by atoms with van der Waals surface area (Å²) in [5, 5.41) is 2.67. The predicted molar refractivity (Wildman–Crippen MR) is 61.2 cm³/mol. The molecule has 0 aliphatic heterocycles. The summed E-state index contributed by atoms with van der Waals surface area (Å²) < 4.78 is 41.1. The number of hydrogen-bond donors (Lipinski definition) is 2. The first kappa shape index (κ1) is 13.5. The maximum absolute atomic E-state index is 11.9. The van der Waals surface area contributed by atoms with Gasteiger partial charge in [-0.15, -0.1) is 0 Å². The molecule has 0 bridgehead atoms. The first-order valence-corrected chi connectivity index (χ1v) is 5.25. The molecule has 0 amide bonds. The van der Waals surface area contributed by atoms with Crippen LogP contribution in [0.1, 0.15) is 13.3 Å². The van der Waals surface area contributed by atoms with Gasteiger partial charge in [0.2, 0.25) is 0 Å². The number of ether oxygens (including phenoxy) is 1. The number of hydrogen-bond acceptors (Lipinski definition) is 3. The molecule has 0 radical (unpaired) electrons. The first-order valence-electron chi connectivity index (χ1n) is 5.25. The predicted octanol–water partition coefficient (Wildman–Crippen LogP) is 3.03. The lowest BCUT2D eigenvalue weighted by atomic mass is 10.2. The van der Waals surface area contributed by atoms with Crippen molar-refractivity contribution in [3.05, 3.63) is 18.2 Å². The van der Waals surface area contributed by atoms with Crippen LogP contribution in [0, 0.1) is 0 Å². The summed E-state index contributed by atoms with van der Waals surface area (Å²) in [7, 11) is 0. The highest BCUT2D eigenvalue weighted by Crippen LogP contribution is 2.26. The topological polar surface area (TPSA) is 47.3 Å². The fraction of sp³-hybridized carbons (Fsp3) is 0.455. The number of nitrogen functional groups attached to an aromatic ring is 1. The van der Waals surface area contributed by atoms with E-state index >= 15 is 0 Å². The molecule has 0 aliphatic carbocycles. The van der Waals surface area contributed by atoms with Crippen molar-refractivity contribution in [3.63, 3.8) is 0 Å². The van der Waals surface area contributed by atoms with Crippen LogP contribution >= 0.6 is 0 Å². The van der Waals surface area contributed by atoms with Gasteiger partial charge >= 0.3 is 6.18 Å². The Morgan fingerprint density at radius 1 is 1.35 bits per heavy atom. The van der Waals surface area contributed by atoms with Gasteiger partial charge in [-0.2, -0.15) is 13.2 Å². The second-order valence-electron chi connectivity index (χ2n) is 3.48. The molecular formula is C11H15F3N2O. The zero-order chi connectivity index (χ0) is 12.9. The van der Waals surface area contributed by atoms with Crippen LogP contribution in [0.4, 0.5) is 24.5 Å². The van der Waals surface area contributed by atoms with E-state index in [1.165, 1.54) is 0 Å². The number of rotatable bonds is 5. The largest absolute Gasteiger partial charge is 0.492 e. The molecule has 0 aliphatic rings. The Balaban J connectivity index is 2.57. The molecule has 3 N–H and O–H groups in total. The molecule has 0 saturated heterocycles. The van der Waals surface area contributed by atoms with E-state index in [1.807, 2.05) is 6.92 Å². The molecule has 0 fully saturated rings. The Morgan fingerprint density at radius 3 is 2.65 bits per heavy atom. The van der Waals surface area contributed by atoms with Gasteiger partial charge in [0.1, 0.15) is 5.75 Å². The van der Waals surface area contributed by atoms with E-state index in [-0.39, 0.29) is 6.54 Å². The van der Waals surface area contributed by atoms with Crippen molar-refractivity contribution in [2.75, 3.05) is 24.2 Å². The fourth-order valence-electron chi connectivity index (χ4n) is 1.27. The van der Waals surface area contributed by atoms with Crippen LogP contribution in [-0.4, -0.2) is 19.3 Å². The van der Waals surface area contributed by atoms with Crippen LogP contribution in [0.15, 0.2) is 18.2 Å². The van der Waals surface area contributed by atoms with Gasteiger partial charge in [0.05, 0.1) is 18.7 Å². The van der Waals surface area contributed by atoms with Crippen LogP contribution in [0.2, 0.25) is 0 Å². The van der Waals surface area contributed by atoms with Gasteiger partial charge in [-0.05, 0) is 19.1 Å². The van der Waals surface area contributed by atoms with Crippen LogP contribution < -0.4 is 15.8 Å². The maximum Gasteiger partial charge on any atom is 0.390 e. The van der Waals surface area contributed by atoms with Crippen molar-refractivity contribution in [3.8, 4) is 5.75 Å². The number of alkyl halides is 3. The fourth-order valence-corrected chi connectivity index (χ4v) is 1.27. The number of benzene rings is 1. The summed E-state index contributed by atoms with van der Waals surface area (Å²) in [5.41, 5.74) is 6.67. The lowest BCUT2D eigenvalue weighted by molar-refractivity contribution is -0.131. The number of anilines is 2. The van der Waals surface area contributed by atoms with Gasteiger partial charge in [0, 0.05) is 18.3 Å². The molecular weight excluding hydrogens is 233 g/mol. The quantitative estimate of drug-likeness (QED) is 0.787. The van der Waals surface area contributed by atoms with Crippen molar-refractivity contribution < 1.29 is 17.9 Å². The van der Waals surface area contributed by atoms with Crippen molar-refractivity contribution in [2.45, 2.75) is 19.5 Å². The second kappa shape index (κ2) is 5.65. The first-order chi connectivity index (χ1) is 7.92. The second-order valence-corrected chi connectivity index (χ2v) is 3.48. The SMILES string of the molecule is CCOc1cc(NCCC(F)(F)F)ccc1N. The third-order valence-electron chi connectivity index (χ3n) is 2.05. The van der Waals surface area contributed by atoms with Crippen LogP contribution in [-0.2, 0) is 0 Å². The highest BCUT2D eigenvalue weighted by Gasteiger charge is 2.26. The van der Waals surface area contributed by atoms with E-state index in [2.05, 4.69) is 5.32 Å². The van der Waals surface area contributed by atoms with E-state index in [9.17, 15) is 13.2 Å². The molecule has 1 aromatic rings. The third kappa shape index (κ3) is 4.84. The third-order valence-corrected chi connectivity index (χ3v) is 2.05. The van der Waals surface area contributed by atoms with Crippen molar-refractivity contribution in [1.82, 2.24) is 0 Å². The molecule has 96 valence electrons. The molecule has 0 spiro atoms. The standard InChI is InChI=1S/C11H15F3N2O/c1-2-17-10-7-8(3-4-9(10)15)16-6-5-11(12,13)14/h3-4,7,16H,2,5-6,15H2,1H3. The Morgan fingerprint density at radius 2 is 2.06 bits per heavy atom. The molecule has 0 unspecified atom stereocenters. The summed E-state index contributed by atoms with van der Waals surface area (Å²) in [6.45, 7) is 2.10. The van der Waals surface area contributed by atoms with E-state index in [4.69, 9.17) is 10.5 Å². The van der Waals surface area contributed by atoms with E-state index in [0.29, 0.717) is 23.7 Å². The molecule has 0 aromatic heterocycles. The monoisotopic (exact) mass is 248 g/mol. The molecule has 6 heteroatoms. The Labute approximate surface area is 97.8 Å². The van der Waals surface area contributed by atoms with Crippen LogP contribution in [0.25, 0.3) is 0 Å². The number of nitrogens with two attached hydrogens (primary N) is 1. The van der Waals surface area contributed by atoms with E-state index in [0.717, 1.165) is 0 Å². The average molecular weight is 248 g/mol. The van der Waals surface area contributed by atoms with Gasteiger partial charge in [0.15, 0.2) is 0 Å². The summed E-state index contributed by atoms with van der Waals surface area (Å²) >= 11 is 0. The minimum Gasteiger partial charge on any atom is -0.492 e. The number of halogens is 3. The normalized spacial score (nSPS) is 11.3. The van der Waals surface area contributed by atoms with Crippen LogP contribution in [0.5, 0.6) is 5.75 Å². The molecule has 3 nitrogen and oxygen atoms in total. The van der Waals surface area contributed by atoms with Crippen molar-refractivity contribution >= 4 is 11.4 Å². The molecule has 17 heavy (non-hydrogen) atoms. The Hall–Kier alpha value is -1.59. The molecule has 0 saturated carbocycles. The summed E-state index contributed by atoms with van der Waals surface area (Å²) in [6, 6.07) is 4.81. The Bertz CT molecular complexity index is 366. The van der Waals surface area contributed by atoms with Gasteiger partial charge in [-0.1, -0.05) is 0 Å². The molecule has 1 rings (SSSR count). The zero-order valence-corrected chi connectivity index (χ0v) is 9.47. The minimum atomic E-state index is -4.15. The lowest BCUT2D eigenvalue weighted by Gasteiger charge is -2.12. The van der Waals surface area contributed by atoms with E-state index < -0.39 is 12.6 Å². The average Bonchev–Trinajstić information content (AvgIpc) is 2.21. The van der Waals surface area contributed by atoms with E-state index in [1.54, 1.807) is 18.2 Å². The van der Waals surface area contributed by atoms with Crippen molar-refractivity contribution in [2.24, 2.45) is 0 Å². The summed E-state index contributed by atoms with van der Waals surface area (Å²) in [5.74, 6) is 0.476. The van der Waals surface area contributed by atoms with Gasteiger partial charge in [-0.25, -0.2) is 0 Å². The van der Waals surface area contributed by atoms with Gasteiger partial charge < -0.3 is 15.8 Å². The molecule has 0 atom stereocenters. The highest BCUT2D eigenvalue weighted by atomic mass is 19.4. The highest BCUT2D eigenvalue weighted by molar-refractivity contribution is 5.61. The summed E-state index contributed by atoms with van der Waals surface area (Å²) in [4.78, 5) is 0. The van der Waals surface area contributed by atoms with Crippen molar-refractivity contribution in [1.29, 1.82) is 0 Å². The summed E-state index contributed by atoms with van der Waals surface area (Å²) in [6.07, 6.45) is -5.02. The lowest BCUT2D eigenvalue weighted by Crippen LogP contribution is -2.14. The number of nitrogens with one attached hydrogen (secondary N) is 1. The zero-order valence-electron chi connectivity index (χ0n) is 9.47. The van der Waals surface area contributed by atoms with Crippen LogP contribution in [0.3, 0.4) is 0 Å².